The smallest absolute Gasteiger partial charge is 0.278 e. The minimum absolute atomic E-state index is 0.221. The van der Waals surface area contributed by atoms with Crippen LogP contribution in [0.5, 0.6) is 0 Å². The highest BCUT2D eigenvalue weighted by atomic mass is 35.5. The molecule has 2 rings (SSSR count). The van der Waals surface area contributed by atoms with Crippen molar-refractivity contribution in [2.75, 3.05) is 11.1 Å². The summed E-state index contributed by atoms with van der Waals surface area (Å²) in [7, 11) is 0. The summed E-state index contributed by atoms with van der Waals surface area (Å²) in [4.78, 5) is 12.1. The molecule has 0 saturated heterocycles. The van der Waals surface area contributed by atoms with Crippen molar-refractivity contribution in [3.63, 3.8) is 0 Å². The lowest BCUT2D eigenvalue weighted by molar-refractivity contribution is 0.102. The molecule has 2 aromatic rings. The average Bonchev–Trinajstić information content (AvgIpc) is 2.75. The lowest BCUT2D eigenvalue weighted by atomic mass is 10.2. The fraction of sp³-hybridized carbons (Fsp3) is 0.231. The van der Waals surface area contributed by atoms with Crippen LogP contribution in [0.15, 0.2) is 24.4 Å². The molecule has 0 unspecified atom stereocenters. The number of hydrogen-bond acceptors (Lipinski definition) is 3. The molecule has 1 amide bonds. The molecule has 1 heterocycles. The summed E-state index contributed by atoms with van der Waals surface area (Å²) in [5.41, 5.74) is 7.90. The van der Waals surface area contributed by atoms with Crippen molar-refractivity contribution in [2.24, 2.45) is 0 Å². The van der Waals surface area contributed by atoms with Gasteiger partial charge in [-0.2, -0.15) is 5.10 Å². The van der Waals surface area contributed by atoms with Crippen LogP contribution in [0.25, 0.3) is 0 Å². The molecule has 0 aliphatic carbocycles. The predicted molar refractivity (Wildman–Crippen MR) is 76.5 cm³/mol. The van der Waals surface area contributed by atoms with Gasteiger partial charge in [0.25, 0.3) is 5.91 Å². The molecule has 1 aromatic heterocycles. The topological polar surface area (TPSA) is 72.9 Å². The Morgan fingerprint density at radius 1 is 1.53 bits per heavy atom. The third kappa shape index (κ3) is 2.88. The minimum atomic E-state index is -0.343. The number of halogens is 1. The summed E-state index contributed by atoms with van der Waals surface area (Å²) >= 11 is 6.01. The van der Waals surface area contributed by atoms with E-state index in [1.165, 1.54) is 0 Å². The number of benzene rings is 1. The second-order valence-electron chi connectivity index (χ2n) is 4.21. The van der Waals surface area contributed by atoms with Crippen molar-refractivity contribution in [1.82, 2.24) is 9.78 Å². The van der Waals surface area contributed by atoms with Gasteiger partial charge in [-0.05, 0) is 31.5 Å². The zero-order valence-electron chi connectivity index (χ0n) is 10.8. The number of nitrogens with two attached hydrogens (primary N) is 1. The van der Waals surface area contributed by atoms with Gasteiger partial charge >= 0.3 is 0 Å². The van der Waals surface area contributed by atoms with E-state index in [1.54, 1.807) is 23.0 Å². The third-order valence-electron chi connectivity index (χ3n) is 2.76. The largest absolute Gasteiger partial charge is 0.396 e. The molecule has 0 spiro atoms. The molecule has 0 aliphatic rings. The number of anilines is 2. The van der Waals surface area contributed by atoms with E-state index in [-0.39, 0.29) is 11.6 Å². The zero-order valence-corrected chi connectivity index (χ0v) is 11.5. The van der Waals surface area contributed by atoms with Gasteiger partial charge in [-0.3, -0.25) is 9.48 Å². The van der Waals surface area contributed by atoms with Crippen LogP contribution in [-0.2, 0) is 6.54 Å². The monoisotopic (exact) mass is 278 g/mol. The molecule has 3 N–H and O–H groups in total. The molecule has 0 bridgehead atoms. The molecule has 0 atom stereocenters. The van der Waals surface area contributed by atoms with Gasteiger partial charge in [0, 0.05) is 23.5 Å². The zero-order chi connectivity index (χ0) is 14.0. The number of nitrogen functional groups attached to an aromatic ring is 1. The lowest BCUT2D eigenvalue weighted by Crippen LogP contribution is -2.14. The number of amides is 1. The lowest BCUT2D eigenvalue weighted by Gasteiger charge is -2.05. The number of nitrogens with one attached hydrogen (secondary N) is 1. The van der Waals surface area contributed by atoms with E-state index < -0.39 is 0 Å². The highest BCUT2D eigenvalue weighted by Crippen LogP contribution is 2.21. The van der Waals surface area contributed by atoms with Crippen LogP contribution in [0.4, 0.5) is 11.4 Å². The normalized spacial score (nSPS) is 10.5. The van der Waals surface area contributed by atoms with Crippen molar-refractivity contribution in [3.8, 4) is 0 Å². The van der Waals surface area contributed by atoms with Gasteiger partial charge in [0.2, 0.25) is 0 Å². The highest BCUT2D eigenvalue weighted by molar-refractivity contribution is 6.31. The van der Waals surface area contributed by atoms with Crippen molar-refractivity contribution in [3.05, 3.63) is 40.7 Å². The molecule has 0 radical (unpaired) electrons. The summed E-state index contributed by atoms with van der Waals surface area (Å²) in [6.07, 6.45) is 1.64. The molecule has 100 valence electrons. The molecule has 1 aromatic carbocycles. The fourth-order valence-corrected chi connectivity index (χ4v) is 1.82. The Morgan fingerprint density at radius 3 is 2.84 bits per heavy atom. The molecule has 0 fully saturated rings. The number of aromatic nitrogens is 2. The van der Waals surface area contributed by atoms with Crippen molar-refractivity contribution in [2.45, 2.75) is 20.4 Å². The summed E-state index contributed by atoms with van der Waals surface area (Å²) < 4.78 is 1.62. The molecule has 19 heavy (non-hydrogen) atoms. The van der Waals surface area contributed by atoms with Crippen LogP contribution in [0.1, 0.15) is 23.0 Å². The molecule has 6 heteroatoms. The van der Waals surface area contributed by atoms with E-state index >= 15 is 0 Å². The second kappa shape index (κ2) is 5.32. The Kier molecular flexibility index (Phi) is 3.76. The van der Waals surface area contributed by atoms with Gasteiger partial charge < -0.3 is 11.1 Å². The third-order valence-corrected chi connectivity index (χ3v) is 3.17. The minimum Gasteiger partial charge on any atom is -0.396 e. The fourth-order valence-electron chi connectivity index (χ4n) is 1.64. The number of rotatable bonds is 3. The Labute approximate surface area is 116 Å². The van der Waals surface area contributed by atoms with Gasteiger partial charge in [0.15, 0.2) is 5.69 Å². The first-order chi connectivity index (χ1) is 9.01. The number of nitrogens with zero attached hydrogens (tertiary/aromatic N) is 2. The first-order valence-corrected chi connectivity index (χ1v) is 6.29. The van der Waals surface area contributed by atoms with Crippen molar-refractivity contribution >= 4 is 28.9 Å². The Hall–Kier alpha value is -2.01. The summed E-state index contributed by atoms with van der Waals surface area (Å²) in [6, 6.07) is 5.32. The van der Waals surface area contributed by atoms with E-state index in [9.17, 15) is 4.79 Å². The van der Waals surface area contributed by atoms with Crippen molar-refractivity contribution in [1.29, 1.82) is 0 Å². The maximum absolute atomic E-state index is 12.1. The maximum atomic E-state index is 12.1. The van der Waals surface area contributed by atoms with Crippen molar-refractivity contribution < 1.29 is 4.79 Å². The number of aryl methyl sites for hydroxylation is 2. The van der Waals surface area contributed by atoms with Crippen LogP contribution in [0, 0.1) is 6.92 Å². The van der Waals surface area contributed by atoms with Crippen LogP contribution >= 0.6 is 11.6 Å². The number of hydrogen-bond donors (Lipinski definition) is 2. The van der Waals surface area contributed by atoms with Crippen LogP contribution < -0.4 is 11.1 Å². The first kappa shape index (κ1) is 13.4. The molecule has 5 nitrogen and oxygen atoms in total. The standard InChI is InChI=1S/C13H15ClN4O/c1-3-18-7-11(15)12(17-18)13(19)16-9-5-4-8(2)10(14)6-9/h4-7H,3,15H2,1-2H3,(H,16,19). The Morgan fingerprint density at radius 2 is 2.26 bits per heavy atom. The van der Waals surface area contributed by atoms with Gasteiger partial charge in [0.05, 0.1) is 5.69 Å². The predicted octanol–water partition coefficient (Wildman–Crippen LogP) is 2.70. The number of carbonyl (C=O) groups excluding carboxylic acids is 1. The summed E-state index contributed by atoms with van der Waals surface area (Å²) in [5.74, 6) is -0.343. The van der Waals surface area contributed by atoms with E-state index in [1.807, 2.05) is 19.9 Å². The highest BCUT2D eigenvalue weighted by Gasteiger charge is 2.14. The molecule has 0 aliphatic heterocycles. The van der Waals surface area contributed by atoms with Crippen LogP contribution in [0.2, 0.25) is 5.02 Å². The first-order valence-electron chi connectivity index (χ1n) is 5.91. The number of carbonyl (C=O) groups is 1. The Balaban J connectivity index is 2.20. The quantitative estimate of drug-likeness (QED) is 0.907. The van der Waals surface area contributed by atoms with Crippen LogP contribution in [-0.4, -0.2) is 15.7 Å². The second-order valence-corrected chi connectivity index (χ2v) is 4.61. The SMILES string of the molecule is CCn1cc(N)c(C(=O)Nc2ccc(C)c(Cl)c2)n1. The van der Waals surface area contributed by atoms with Gasteiger partial charge in [-0.25, -0.2) is 0 Å². The van der Waals surface area contributed by atoms with E-state index in [4.69, 9.17) is 17.3 Å². The van der Waals surface area contributed by atoms with Crippen LogP contribution in [0.3, 0.4) is 0 Å². The van der Waals surface area contributed by atoms with E-state index in [0.717, 1.165) is 5.56 Å². The van der Waals surface area contributed by atoms with Gasteiger partial charge in [-0.1, -0.05) is 17.7 Å². The van der Waals surface area contributed by atoms with Gasteiger partial charge in [-0.15, -0.1) is 0 Å². The van der Waals surface area contributed by atoms with E-state index in [2.05, 4.69) is 10.4 Å². The van der Waals surface area contributed by atoms with E-state index in [0.29, 0.717) is 22.9 Å². The van der Waals surface area contributed by atoms with Gasteiger partial charge in [0.1, 0.15) is 0 Å². The molecular weight excluding hydrogens is 264 g/mol. The maximum Gasteiger partial charge on any atom is 0.278 e. The Bertz CT molecular complexity index is 621. The average molecular weight is 279 g/mol. The summed E-state index contributed by atoms with van der Waals surface area (Å²) in [6.45, 7) is 4.48. The molecular formula is C13H15ClN4O. The summed E-state index contributed by atoms with van der Waals surface area (Å²) in [5, 5.41) is 7.44. The molecule has 0 saturated carbocycles.